The summed E-state index contributed by atoms with van der Waals surface area (Å²) in [4.78, 5) is 4.22. The van der Waals surface area contributed by atoms with E-state index in [0.29, 0.717) is 27.8 Å². The van der Waals surface area contributed by atoms with E-state index in [1.165, 1.54) is 0 Å². The zero-order chi connectivity index (χ0) is 19.0. The van der Waals surface area contributed by atoms with Gasteiger partial charge in [0.2, 0.25) is 0 Å². The van der Waals surface area contributed by atoms with E-state index in [9.17, 15) is 5.26 Å². The van der Waals surface area contributed by atoms with E-state index >= 15 is 0 Å². The second-order valence-electron chi connectivity index (χ2n) is 5.23. The molecule has 0 fully saturated rings. The van der Waals surface area contributed by atoms with Crippen molar-refractivity contribution in [3.8, 4) is 28.3 Å². The molecule has 0 saturated carbocycles. The van der Waals surface area contributed by atoms with Crippen LogP contribution in [0, 0.1) is 11.3 Å². The number of benzene rings is 2. The zero-order valence-corrected chi connectivity index (χ0v) is 17.2. The molecule has 0 spiro atoms. The minimum absolute atomic E-state index is 0.246. The number of hydrogen-bond acceptors (Lipinski definition) is 2. The number of rotatable bonds is 2. The monoisotopic (exact) mass is 460 g/mol. The van der Waals surface area contributed by atoms with E-state index < -0.39 is 0 Å². The van der Waals surface area contributed by atoms with Crippen LogP contribution in [0.2, 0.25) is 30.1 Å². The summed E-state index contributed by atoms with van der Waals surface area (Å²) in [6.07, 6.45) is 3.11. The van der Waals surface area contributed by atoms with Gasteiger partial charge in [-0.05, 0) is 35.4 Å². The molecule has 0 atom stereocenters. The molecule has 0 aliphatic heterocycles. The Morgan fingerprint density at radius 2 is 1.00 bits per heavy atom. The number of pyridine rings is 1. The molecule has 0 bridgehead atoms. The van der Waals surface area contributed by atoms with Gasteiger partial charge in [0.05, 0.1) is 35.7 Å². The van der Waals surface area contributed by atoms with Gasteiger partial charge in [-0.25, -0.2) is 0 Å². The highest BCUT2D eigenvalue weighted by Gasteiger charge is 2.17. The molecule has 0 saturated heterocycles. The highest BCUT2D eigenvalue weighted by molar-refractivity contribution is 6.49. The van der Waals surface area contributed by atoms with E-state index in [2.05, 4.69) is 11.1 Å². The molecule has 2 aromatic carbocycles. The fourth-order valence-electron chi connectivity index (χ4n) is 2.44. The number of nitrogens with zero attached hydrogens (tertiary/aromatic N) is 2. The summed E-state index contributed by atoms with van der Waals surface area (Å²) in [5.74, 6) is 0. The molecule has 3 rings (SSSR count). The molecule has 0 amide bonds. The number of aromatic nitrogens is 1. The maximum absolute atomic E-state index is 9.75. The lowest BCUT2D eigenvalue weighted by atomic mass is 9.95. The summed E-state index contributed by atoms with van der Waals surface area (Å²) < 4.78 is 0. The normalized spacial score (nSPS) is 10.7. The maximum Gasteiger partial charge on any atom is 0.101 e. The summed E-state index contributed by atoms with van der Waals surface area (Å²) >= 11 is 36.4. The van der Waals surface area contributed by atoms with Gasteiger partial charge in [0, 0.05) is 23.5 Å². The third-order valence-electron chi connectivity index (χ3n) is 3.65. The van der Waals surface area contributed by atoms with Crippen molar-refractivity contribution in [1.29, 1.82) is 5.26 Å². The van der Waals surface area contributed by atoms with Crippen LogP contribution in [0.25, 0.3) is 22.3 Å². The molecule has 0 aliphatic rings. The summed E-state index contributed by atoms with van der Waals surface area (Å²) in [7, 11) is 0. The van der Waals surface area contributed by atoms with E-state index in [1.807, 2.05) is 0 Å². The van der Waals surface area contributed by atoms with Crippen LogP contribution in [0.3, 0.4) is 0 Å². The average Bonchev–Trinajstić information content (AvgIpc) is 2.62. The predicted molar refractivity (Wildman–Crippen MR) is 110 cm³/mol. The molecule has 130 valence electrons. The van der Waals surface area contributed by atoms with Crippen LogP contribution < -0.4 is 0 Å². The highest BCUT2D eigenvalue weighted by Crippen LogP contribution is 2.40. The van der Waals surface area contributed by atoms with Crippen LogP contribution in [-0.4, -0.2) is 4.98 Å². The Morgan fingerprint density at radius 3 is 1.31 bits per heavy atom. The fourth-order valence-corrected chi connectivity index (χ4v) is 3.63. The Morgan fingerprint density at radius 1 is 0.654 bits per heavy atom. The second kappa shape index (κ2) is 7.82. The lowest BCUT2D eigenvalue weighted by molar-refractivity contribution is 1.31. The minimum Gasteiger partial charge on any atom is -0.263 e. The predicted octanol–water partition coefficient (Wildman–Crippen LogP) is 8.21. The van der Waals surface area contributed by atoms with Crippen LogP contribution in [0.1, 0.15) is 5.56 Å². The van der Waals surface area contributed by atoms with E-state index in [0.717, 1.165) is 0 Å². The largest absolute Gasteiger partial charge is 0.263 e. The second-order valence-corrected chi connectivity index (χ2v) is 7.61. The summed E-state index contributed by atoms with van der Waals surface area (Å²) in [5, 5.41) is 11.4. The van der Waals surface area contributed by atoms with Crippen LogP contribution >= 0.6 is 69.6 Å². The zero-order valence-electron chi connectivity index (χ0n) is 12.6. The van der Waals surface area contributed by atoms with Crippen molar-refractivity contribution in [2.24, 2.45) is 0 Å². The smallest absolute Gasteiger partial charge is 0.101 e. The Hall–Kier alpha value is -1.18. The van der Waals surface area contributed by atoms with Gasteiger partial charge in [-0.3, -0.25) is 4.98 Å². The Balaban J connectivity index is 2.26. The number of hydrogen-bond donors (Lipinski definition) is 0. The molecule has 0 N–H and O–H groups in total. The van der Waals surface area contributed by atoms with Gasteiger partial charge >= 0.3 is 0 Å². The maximum atomic E-state index is 9.75. The first-order chi connectivity index (χ1) is 12.3. The number of nitriles is 1. The van der Waals surface area contributed by atoms with Gasteiger partial charge < -0.3 is 0 Å². The summed E-state index contributed by atoms with van der Waals surface area (Å²) in [6.45, 7) is 0. The molecule has 8 heteroatoms. The topological polar surface area (TPSA) is 36.7 Å². The lowest BCUT2D eigenvalue weighted by Crippen LogP contribution is -1.93. The molecule has 1 aromatic heterocycles. The molecule has 2 nitrogen and oxygen atoms in total. The average molecular weight is 463 g/mol. The van der Waals surface area contributed by atoms with Gasteiger partial charge in [-0.15, -0.1) is 0 Å². The summed E-state index contributed by atoms with van der Waals surface area (Å²) in [5.41, 5.74) is 2.69. The molecular weight excluding hydrogens is 457 g/mol. The van der Waals surface area contributed by atoms with Crippen LogP contribution in [0.5, 0.6) is 0 Å². The standard InChI is InChI=1S/C18H6Cl6N2/c19-13-1-8(2-14(20)17(13)23)11-6-26-7-12(10(11)5-25)9-3-15(21)18(24)16(22)4-9/h1-4,6-7H. The Kier molecular flexibility index (Phi) is 5.89. The fraction of sp³-hybridized carbons (Fsp3) is 0. The van der Waals surface area contributed by atoms with Crippen molar-refractivity contribution in [2.75, 3.05) is 0 Å². The molecule has 1 heterocycles. The van der Waals surface area contributed by atoms with E-state index in [1.54, 1.807) is 36.7 Å². The van der Waals surface area contributed by atoms with Crippen molar-refractivity contribution < 1.29 is 0 Å². The van der Waals surface area contributed by atoms with Crippen LogP contribution in [0.4, 0.5) is 0 Å². The summed E-state index contributed by atoms with van der Waals surface area (Å²) in [6, 6.07) is 8.69. The quantitative estimate of drug-likeness (QED) is 0.360. The first kappa shape index (κ1) is 19.6. The highest BCUT2D eigenvalue weighted by atomic mass is 35.5. The number of halogens is 6. The van der Waals surface area contributed by atoms with Crippen molar-refractivity contribution in [3.05, 3.63) is 72.4 Å². The molecule has 0 unspecified atom stereocenters. The van der Waals surface area contributed by atoms with Gasteiger partial charge in [0.25, 0.3) is 0 Å². The first-order valence-corrected chi connectivity index (χ1v) is 9.28. The lowest BCUT2D eigenvalue weighted by Gasteiger charge is -2.12. The van der Waals surface area contributed by atoms with Gasteiger partial charge in [0.15, 0.2) is 0 Å². The first-order valence-electron chi connectivity index (χ1n) is 7.01. The third-order valence-corrected chi connectivity index (χ3v) is 6.04. The molecule has 0 aliphatic carbocycles. The van der Waals surface area contributed by atoms with Crippen molar-refractivity contribution in [1.82, 2.24) is 4.98 Å². The van der Waals surface area contributed by atoms with Crippen molar-refractivity contribution in [3.63, 3.8) is 0 Å². The Bertz CT molecular complexity index is 950. The van der Waals surface area contributed by atoms with E-state index in [4.69, 9.17) is 69.6 Å². The third kappa shape index (κ3) is 3.62. The van der Waals surface area contributed by atoms with Gasteiger partial charge in [0.1, 0.15) is 6.07 Å². The van der Waals surface area contributed by atoms with Gasteiger partial charge in [-0.2, -0.15) is 5.26 Å². The molecule has 3 aromatic rings. The van der Waals surface area contributed by atoms with Crippen LogP contribution in [-0.2, 0) is 0 Å². The molecule has 0 radical (unpaired) electrons. The molecule has 26 heavy (non-hydrogen) atoms. The molecular formula is C18H6Cl6N2. The SMILES string of the molecule is N#Cc1c(-c2cc(Cl)c(Cl)c(Cl)c2)cncc1-c1cc(Cl)c(Cl)c(Cl)c1. The van der Waals surface area contributed by atoms with Crippen molar-refractivity contribution >= 4 is 69.6 Å². The van der Waals surface area contributed by atoms with Crippen LogP contribution in [0.15, 0.2) is 36.7 Å². The van der Waals surface area contributed by atoms with E-state index in [-0.39, 0.29) is 30.1 Å². The van der Waals surface area contributed by atoms with Crippen molar-refractivity contribution in [2.45, 2.75) is 0 Å². The van der Waals surface area contributed by atoms with Gasteiger partial charge in [-0.1, -0.05) is 69.6 Å². The Labute approximate surface area is 179 Å². The minimum atomic E-state index is 0.246.